The van der Waals surface area contributed by atoms with Crippen LogP contribution >= 0.6 is 23.2 Å². The lowest BCUT2D eigenvalue weighted by molar-refractivity contribution is 0.102. The van der Waals surface area contributed by atoms with Crippen molar-refractivity contribution in [2.24, 2.45) is 0 Å². The van der Waals surface area contributed by atoms with E-state index >= 15 is 0 Å². The number of benzene rings is 1. The first-order chi connectivity index (χ1) is 12.5. The van der Waals surface area contributed by atoms with Gasteiger partial charge >= 0.3 is 0 Å². The Morgan fingerprint density at radius 2 is 1.81 bits per heavy atom. The Hall–Kier alpha value is -2.25. The smallest absolute Gasteiger partial charge is 0.276 e. The molecule has 1 aliphatic rings. The van der Waals surface area contributed by atoms with Crippen molar-refractivity contribution in [1.82, 2.24) is 9.97 Å². The molecular weight excluding hydrogens is 379 g/mol. The van der Waals surface area contributed by atoms with Crippen molar-refractivity contribution in [3.63, 3.8) is 0 Å². The molecular formula is C17H18Cl2N4O3. The summed E-state index contributed by atoms with van der Waals surface area (Å²) in [4.78, 5) is 23.3. The molecule has 9 heteroatoms. The summed E-state index contributed by atoms with van der Waals surface area (Å²) in [6, 6.07) is 3.14. The average molecular weight is 397 g/mol. The van der Waals surface area contributed by atoms with Crippen LogP contribution < -0.4 is 19.7 Å². The van der Waals surface area contributed by atoms with Crippen LogP contribution in [0.3, 0.4) is 0 Å². The highest BCUT2D eigenvalue weighted by Crippen LogP contribution is 2.36. The maximum absolute atomic E-state index is 12.7. The van der Waals surface area contributed by atoms with Gasteiger partial charge in [-0.25, -0.2) is 9.97 Å². The molecule has 138 valence electrons. The lowest BCUT2D eigenvalue weighted by Crippen LogP contribution is -2.23. The largest absolute Gasteiger partial charge is 0.495 e. The maximum Gasteiger partial charge on any atom is 0.276 e. The highest BCUT2D eigenvalue weighted by atomic mass is 35.5. The molecule has 1 N–H and O–H groups in total. The summed E-state index contributed by atoms with van der Waals surface area (Å²) in [7, 11) is 2.97. The van der Waals surface area contributed by atoms with Gasteiger partial charge in [-0.05, 0) is 12.8 Å². The second-order valence-corrected chi connectivity index (χ2v) is 6.52. The van der Waals surface area contributed by atoms with E-state index in [1.807, 2.05) is 4.90 Å². The first-order valence-electron chi connectivity index (χ1n) is 8.04. The van der Waals surface area contributed by atoms with Crippen LogP contribution in [0.5, 0.6) is 11.5 Å². The highest BCUT2D eigenvalue weighted by Gasteiger charge is 2.21. The van der Waals surface area contributed by atoms with Crippen molar-refractivity contribution in [2.75, 3.05) is 37.5 Å². The number of halogens is 2. The molecule has 3 rings (SSSR count). The van der Waals surface area contributed by atoms with Crippen LogP contribution in [0.1, 0.15) is 23.3 Å². The Morgan fingerprint density at radius 3 is 2.46 bits per heavy atom. The molecule has 1 aromatic heterocycles. The molecule has 0 bridgehead atoms. The molecule has 1 aromatic carbocycles. The van der Waals surface area contributed by atoms with Gasteiger partial charge < -0.3 is 19.7 Å². The summed E-state index contributed by atoms with van der Waals surface area (Å²) in [5, 5.41) is 3.29. The number of carbonyl (C=O) groups excluding carboxylic acids is 1. The normalized spacial score (nSPS) is 13.6. The van der Waals surface area contributed by atoms with Gasteiger partial charge in [0, 0.05) is 25.2 Å². The molecule has 0 radical (unpaired) electrons. The first kappa shape index (κ1) is 18.5. The fraction of sp³-hybridized carbons (Fsp3) is 0.353. The Bertz CT molecular complexity index is 826. The Kier molecular flexibility index (Phi) is 5.68. The molecule has 1 fully saturated rings. The molecule has 2 heterocycles. The molecule has 7 nitrogen and oxygen atoms in total. The molecule has 0 saturated carbocycles. The van der Waals surface area contributed by atoms with E-state index < -0.39 is 5.91 Å². The van der Waals surface area contributed by atoms with Crippen molar-refractivity contribution in [3.8, 4) is 11.5 Å². The third kappa shape index (κ3) is 3.78. The van der Waals surface area contributed by atoms with Gasteiger partial charge in [0.2, 0.25) is 5.95 Å². The lowest BCUT2D eigenvalue weighted by atomic mass is 10.2. The number of ether oxygens (including phenoxy) is 2. The van der Waals surface area contributed by atoms with Crippen LogP contribution in [0.15, 0.2) is 18.3 Å². The molecule has 26 heavy (non-hydrogen) atoms. The summed E-state index contributed by atoms with van der Waals surface area (Å²) in [6.45, 7) is 1.73. The number of nitrogens with zero attached hydrogens (tertiary/aromatic N) is 3. The number of carbonyl (C=O) groups is 1. The van der Waals surface area contributed by atoms with Crippen LogP contribution in [-0.2, 0) is 0 Å². The number of nitrogens with one attached hydrogen (secondary N) is 1. The molecule has 0 spiro atoms. The van der Waals surface area contributed by atoms with E-state index in [0.29, 0.717) is 28.2 Å². The molecule has 0 unspecified atom stereocenters. The number of rotatable bonds is 5. The van der Waals surface area contributed by atoms with E-state index in [4.69, 9.17) is 32.7 Å². The van der Waals surface area contributed by atoms with Gasteiger partial charge in [-0.3, -0.25) is 4.79 Å². The molecule has 1 aliphatic heterocycles. The standard InChI is InChI=1S/C17H18Cl2N4O3/c1-25-13-8-12(14(26-2)7-10(13)18)21-16(24)15-11(19)9-20-17(22-15)23-5-3-4-6-23/h7-9H,3-6H2,1-2H3,(H,21,24). The molecule has 1 amide bonds. The third-order valence-electron chi connectivity index (χ3n) is 4.06. The van der Waals surface area contributed by atoms with Crippen LogP contribution in [0.4, 0.5) is 11.6 Å². The minimum absolute atomic E-state index is 0.0968. The van der Waals surface area contributed by atoms with Crippen molar-refractivity contribution >= 4 is 40.7 Å². The Labute approximate surface area is 161 Å². The van der Waals surface area contributed by atoms with E-state index in [9.17, 15) is 4.79 Å². The fourth-order valence-electron chi connectivity index (χ4n) is 2.73. The van der Waals surface area contributed by atoms with Gasteiger partial charge in [0.25, 0.3) is 5.91 Å². The van der Waals surface area contributed by atoms with Crippen molar-refractivity contribution < 1.29 is 14.3 Å². The van der Waals surface area contributed by atoms with E-state index in [1.165, 1.54) is 20.4 Å². The fourth-order valence-corrected chi connectivity index (χ4v) is 3.13. The zero-order chi connectivity index (χ0) is 18.7. The zero-order valence-corrected chi connectivity index (χ0v) is 15.9. The Morgan fingerprint density at radius 1 is 1.12 bits per heavy atom. The first-order valence-corrected chi connectivity index (χ1v) is 8.79. The summed E-state index contributed by atoms with van der Waals surface area (Å²) in [6.07, 6.45) is 3.60. The number of amides is 1. The van der Waals surface area contributed by atoms with Gasteiger partial charge in [0.05, 0.1) is 36.1 Å². The second kappa shape index (κ2) is 7.97. The summed E-state index contributed by atoms with van der Waals surface area (Å²) in [5.74, 6) is 0.835. The van der Waals surface area contributed by atoms with Gasteiger partial charge in [-0.15, -0.1) is 0 Å². The van der Waals surface area contributed by atoms with Crippen molar-refractivity contribution in [2.45, 2.75) is 12.8 Å². The lowest BCUT2D eigenvalue weighted by Gasteiger charge is -2.16. The monoisotopic (exact) mass is 396 g/mol. The van der Waals surface area contributed by atoms with Gasteiger partial charge in [0.15, 0.2) is 5.69 Å². The summed E-state index contributed by atoms with van der Waals surface area (Å²) >= 11 is 12.2. The molecule has 2 aromatic rings. The number of hydrogen-bond acceptors (Lipinski definition) is 6. The van der Waals surface area contributed by atoms with E-state index in [1.54, 1.807) is 12.1 Å². The summed E-state index contributed by atoms with van der Waals surface area (Å²) in [5.41, 5.74) is 0.496. The van der Waals surface area contributed by atoms with Gasteiger partial charge in [-0.2, -0.15) is 0 Å². The van der Waals surface area contributed by atoms with Crippen molar-refractivity contribution in [1.29, 1.82) is 0 Å². The van der Waals surface area contributed by atoms with Crippen molar-refractivity contribution in [3.05, 3.63) is 34.1 Å². The second-order valence-electron chi connectivity index (χ2n) is 5.70. The maximum atomic E-state index is 12.7. The summed E-state index contributed by atoms with van der Waals surface area (Å²) < 4.78 is 10.5. The Balaban J connectivity index is 1.89. The number of methoxy groups -OCH3 is 2. The van der Waals surface area contributed by atoms with E-state index in [2.05, 4.69) is 15.3 Å². The van der Waals surface area contributed by atoms with Gasteiger partial charge in [-0.1, -0.05) is 23.2 Å². The zero-order valence-electron chi connectivity index (χ0n) is 14.4. The van der Waals surface area contributed by atoms with E-state index in [0.717, 1.165) is 25.9 Å². The third-order valence-corrected chi connectivity index (χ3v) is 4.63. The van der Waals surface area contributed by atoms with Gasteiger partial charge in [0.1, 0.15) is 11.5 Å². The number of hydrogen-bond donors (Lipinski definition) is 1. The number of anilines is 2. The van der Waals surface area contributed by atoms with Crippen LogP contribution in [0.25, 0.3) is 0 Å². The molecule has 0 atom stereocenters. The van der Waals surface area contributed by atoms with Crippen LogP contribution in [0.2, 0.25) is 10.0 Å². The predicted molar refractivity (Wildman–Crippen MR) is 101 cm³/mol. The molecule has 1 saturated heterocycles. The quantitative estimate of drug-likeness (QED) is 0.830. The topological polar surface area (TPSA) is 76.6 Å². The minimum atomic E-state index is -0.472. The molecule has 0 aliphatic carbocycles. The predicted octanol–water partition coefficient (Wildman–Crippen LogP) is 3.65. The van der Waals surface area contributed by atoms with Crippen LogP contribution in [0, 0.1) is 0 Å². The SMILES string of the molecule is COc1cc(NC(=O)c2nc(N3CCCC3)ncc2Cl)c(OC)cc1Cl. The highest BCUT2D eigenvalue weighted by molar-refractivity contribution is 6.34. The minimum Gasteiger partial charge on any atom is -0.495 e. The van der Waals surface area contributed by atoms with E-state index in [-0.39, 0.29) is 10.7 Å². The average Bonchev–Trinajstić information content (AvgIpc) is 3.17. The number of aromatic nitrogens is 2. The van der Waals surface area contributed by atoms with Crippen LogP contribution in [-0.4, -0.2) is 43.2 Å².